The lowest BCUT2D eigenvalue weighted by Gasteiger charge is -2.13. The van der Waals surface area contributed by atoms with Crippen molar-refractivity contribution in [3.05, 3.63) is 34.9 Å². The summed E-state index contributed by atoms with van der Waals surface area (Å²) in [5.74, 6) is 0.792. The number of nitrogens with one attached hydrogen (secondary N) is 2. The predicted octanol–water partition coefficient (Wildman–Crippen LogP) is 1.53. The summed E-state index contributed by atoms with van der Waals surface area (Å²) >= 11 is 5.94. The number of halogens is 1. The molecule has 0 saturated carbocycles. The number of hydrogen-bond donors (Lipinski definition) is 2. The summed E-state index contributed by atoms with van der Waals surface area (Å²) in [6.45, 7) is 1.31. The van der Waals surface area contributed by atoms with Crippen LogP contribution in [0.5, 0.6) is 0 Å². The van der Waals surface area contributed by atoms with Gasteiger partial charge < -0.3 is 15.5 Å². The molecule has 0 atom stereocenters. The number of benzene rings is 1. The van der Waals surface area contributed by atoms with Crippen molar-refractivity contribution in [2.45, 2.75) is 12.8 Å². The third kappa shape index (κ3) is 6.99. The van der Waals surface area contributed by atoms with E-state index in [1.54, 1.807) is 26.0 Å². The van der Waals surface area contributed by atoms with Crippen molar-refractivity contribution in [1.82, 2.24) is 15.5 Å². The molecule has 0 saturated heterocycles. The van der Waals surface area contributed by atoms with Gasteiger partial charge in [-0.3, -0.25) is 9.79 Å². The molecule has 0 aliphatic carbocycles. The van der Waals surface area contributed by atoms with Crippen LogP contribution in [-0.4, -0.2) is 51.0 Å². The lowest BCUT2D eigenvalue weighted by molar-refractivity contribution is -0.128. The molecule has 0 fully saturated rings. The summed E-state index contributed by atoms with van der Waals surface area (Å²) in [5, 5.41) is 7.08. The summed E-state index contributed by atoms with van der Waals surface area (Å²) in [5.41, 5.74) is 1.17. The van der Waals surface area contributed by atoms with Crippen LogP contribution in [0.15, 0.2) is 29.3 Å². The minimum Gasteiger partial charge on any atom is -0.356 e. The highest BCUT2D eigenvalue weighted by atomic mass is 35.5. The Balaban J connectivity index is 2.27. The van der Waals surface area contributed by atoms with Gasteiger partial charge in [0.2, 0.25) is 5.91 Å². The molecule has 0 radical (unpaired) electrons. The second-order valence-corrected chi connectivity index (χ2v) is 5.28. The fraction of sp³-hybridized carbons (Fsp3) is 0.467. The molecule has 116 valence electrons. The first-order valence-corrected chi connectivity index (χ1v) is 7.30. The van der Waals surface area contributed by atoms with Crippen molar-refractivity contribution in [2.75, 3.05) is 34.2 Å². The topological polar surface area (TPSA) is 56.7 Å². The largest absolute Gasteiger partial charge is 0.356 e. The minimum atomic E-state index is 0.0943. The first kappa shape index (κ1) is 17.3. The standard InChI is InChI=1S/C15H23ClN4O/c1-17-15(19-10-8-14(21)20(2)3)18-9-7-12-5-4-6-13(16)11-12/h4-6,11H,7-10H2,1-3H3,(H2,17,18,19). The molecule has 1 aromatic carbocycles. The van der Waals surface area contributed by atoms with Crippen molar-refractivity contribution in [2.24, 2.45) is 4.99 Å². The Morgan fingerprint density at radius 3 is 2.62 bits per heavy atom. The molecule has 21 heavy (non-hydrogen) atoms. The van der Waals surface area contributed by atoms with E-state index in [9.17, 15) is 4.79 Å². The summed E-state index contributed by atoms with van der Waals surface area (Å²) in [4.78, 5) is 17.2. The Morgan fingerprint density at radius 2 is 2.00 bits per heavy atom. The Bertz CT molecular complexity index is 488. The molecule has 0 aromatic heterocycles. The lowest BCUT2D eigenvalue weighted by Crippen LogP contribution is -2.40. The zero-order valence-corrected chi connectivity index (χ0v) is 13.6. The average molecular weight is 311 g/mol. The van der Waals surface area contributed by atoms with Crippen molar-refractivity contribution >= 4 is 23.5 Å². The summed E-state index contributed by atoms with van der Waals surface area (Å²) in [6.07, 6.45) is 1.31. The van der Waals surface area contributed by atoms with E-state index in [0.717, 1.165) is 18.0 Å². The van der Waals surface area contributed by atoms with E-state index >= 15 is 0 Å². The van der Waals surface area contributed by atoms with Gasteiger partial charge in [0, 0.05) is 45.7 Å². The molecular formula is C15H23ClN4O. The van der Waals surface area contributed by atoms with Crippen molar-refractivity contribution in [1.29, 1.82) is 0 Å². The fourth-order valence-electron chi connectivity index (χ4n) is 1.75. The number of guanidine groups is 1. The van der Waals surface area contributed by atoms with Gasteiger partial charge in [0.1, 0.15) is 0 Å². The highest BCUT2D eigenvalue weighted by Crippen LogP contribution is 2.10. The van der Waals surface area contributed by atoms with Crippen molar-refractivity contribution in [3.63, 3.8) is 0 Å². The molecule has 0 unspecified atom stereocenters. The predicted molar refractivity (Wildman–Crippen MR) is 87.8 cm³/mol. The molecule has 1 rings (SSSR count). The number of rotatable bonds is 6. The second kappa shape index (κ2) is 9.23. The summed E-state index contributed by atoms with van der Waals surface area (Å²) < 4.78 is 0. The molecule has 2 N–H and O–H groups in total. The average Bonchev–Trinajstić information content (AvgIpc) is 2.45. The third-order valence-electron chi connectivity index (χ3n) is 2.95. The highest BCUT2D eigenvalue weighted by Gasteiger charge is 2.04. The molecule has 0 bridgehead atoms. The van der Waals surface area contributed by atoms with Gasteiger partial charge in [0.05, 0.1) is 0 Å². The van der Waals surface area contributed by atoms with Gasteiger partial charge in [-0.05, 0) is 24.1 Å². The molecule has 0 aliphatic rings. The molecular weight excluding hydrogens is 288 g/mol. The minimum absolute atomic E-state index is 0.0943. The maximum Gasteiger partial charge on any atom is 0.223 e. The zero-order valence-electron chi connectivity index (χ0n) is 12.8. The van der Waals surface area contributed by atoms with Crippen molar-refractivity contribution < 1.29 is 4.79 Å². The normalized spacial score (nSPS) is 11.1. The smallest absolute Gasteiger partial charge is 0.223 e. The number of hydrogen-bond acceptors (Lipinski definition) is 2. The number of carbonyl (C=O) groups is 1. The SMILES string of the molecule is CN=C(NCCC(=O)N(C)C)NCCc1cccc(Cl)c1. The Kier molecular flexibility index (Phi) is 7.61. The Labute approximate surface area is 131 Å². The number of nitrogens with zero attached hydrogens (tertiary/aromatic N) is 2. The van der Waals surface area contributed by atoms with Crippen LogP contribution in [0.1, 0.15) is 12.0 Å². The molecule has 6 heteroatoms. The van der Waals surface area contributed by atoms with E-state index in [1.165, 1.54) is 5.56 Å². The van der Waals surface area contributed by atoms with Crippen LogP contribution in [0.2, 0.25) is 5.02 Å². The number of aliphatic imine (C=N–C) groups is 1. The summed E-state index contributed by atoms with van der Waals surface area (Å²) in [7, 11) is 5.21. The van der Waals surface area contributed by atoms with Gasteiger partial charge in [0.15, 0.2) is 5.96 Å². The van der Waals surface area contributed by atoms with Crippen LogP contribution in [0.4, 0.5) is 0 Å². The zero-order chi connectivity index (χ0) is 15.7. The quantitative estimate of drug-likeness (QED) is 0.619. The molecule has 0 heterocycles. The van der Waals surface area contributed by atoms with Gasteiger partial charge in [-0.1, -0.05) is 23.7 Å². The van der Waals surface area contributed by atoms with E-state index in [4.69, 9.17) is 11.6 Å². The van der Waals surface area contributed by atoms with E-state index in [1.807, 2.05) is 24.3 Å². The number of amides is 1. The maximum absolute atomic E-state index is 11.5. The first-order chi connectivity index (χ1) is 10.0. The van der Waals surface area contributed by atoms with Crippen LogP contribution in [0, 0.1) is 0 Å². The highest BCUT2D eigenvalue weighted by molar-refractivity contribution is 6.30. The van der Waals surface area contributed by atoms with Crippen LogP contribution in [-0.2, 0) is 11.2 Å². The molecule has 5 nitrogen and oxygen atoms in total. The second-order valence-electron chi connectivity index (χ2n) is 4.84. The Morgan fingerprint density at radius 1 is 1.29 bits per heavy atom. The Hall–Kier alpha value is -1.75. The lowest BCUT2D eigenvalue weighted by atomic mass is 10.1. The van der Waals surface area contributed by atoms with Crippen LogP contribution in [0.3, 0.4) is 0 Å². The van der Waals surface area contributed by atoms with Gasteiger partial charge in [-0.25, -0.2) is 0 Å². The van der Waals surface area contributed by atoms with E-state index in [-0.39, 0.29) is 5.91 Å². The van der Waals surface area contributed by atoms with E-state index in [0.29, 0.717) is 18.9 Å². The van der Waals surface area contributed by atoms with Gasteiger partial charge in [-0.2, -0.15) is 0 Å². The molecule has 1 amide bonds. The summed E-state index contributed by atoms with van der Waals surface area (Å²) in [6, 6.07) is 7.80. The third-order valence-corrected chi connectivity index (χ3v) is 3.18. The molecule has 1 aromatic rings. The van der Waals surface area contributed by atoms with Crippen LogP contribution < -0.4 is 10.6 Å². The van der Waals surface area contributed by atoms with Gasteiger partial charge in [-0.15, -0.1) is 0 Å². The van der Waals surface area contributed by atoms with E-state index in [2.05, 4.69) is 15.6 Å². The molecule has 0 spiro atoms. The first-order valence-electron chi connectivity index (χ1n) is 6.92. The van der Waals surface area contributed by atoms with Crippen molar-refractivity contribution in [3.8, 4) is 0 Å². The van der Waals surface area contributed by atoms with Crippen LogP contribution >= 0.6 is 11.6 Å². The van der Waals surface area contributed by atoms with E-state index < -0.39 is 0 Å². The van der Waals surface area contributed by atoms with Gasteiger partial charge in [0.25, 0.3) is 0 Å². The monoisotopic (exact) mass is 310 g/mol. The van der Waals surface area contributed by atoms with Crippen LogP contribution in [0.25, 0.3) is 0 Å². The fourth-order valence-corrected chi connectivity index (χ4v) is 1.96. The maximum atomic E-state index is 11.5. The molecule has 0 aliphatic heterocycles. The van der Waals surface area contributed by atoms with Gasteiger partial charge >= 0.3 is 0 Å². The number of carbonyl (C=O) groups excluding carboxylic acids is 1.